The Morgan fingerprint density at radius 1 is 1.37 bits per heavy atom. The summed E-state index contributed by atoms with van der Waals surface area (Å²) in [5.74, 6) is -1.05. The molecule has 0 radical (unpaired) electrons. The van der Waals surface area contributed by atoms with Gasteiger partial charge in [0.1, 0.15) is 5.92 Å². The number of carbonyl (C=O) groups is 2. The summed E-state index contributed by atoms with van der Waals surface area (Å²) in [6, 6.07) is 5.99. The molecule has 0 bridgehead atoms. The number of esters is 1. The van der Waals surface area contributed by atoms with E-state index in [1.807, 2.05) is 0 Å². The molecule has 0 saturated heterocycles. The maximum Gasteiger partial charge on any atom is 0.341 e. The van der Waals surface area contributed by atoms with Crippen LogP contribution in [0.1, 0.15) is 18.5 Å². The number of nitrogens with one attached hydrogen (secondary N) is 1. The Hall–Kier alpha value is -1.88. The van der Waals surface area contributed by atoms with Crippen LogP contribution in [0.3, 0.4) is 0 Å². The molecule has 1 aliphatic heterocycles. The third-order valence-corrected chi connectivity index (χ3v) is 3.28. The fourth-order valence-electron chi connectivity index (χ4n) is 2.10. The second kappa shape index (κ2) is 5.40. The van der Waals surface area contributed by atoms with E-state index in [4.69, 9.17) is 16.3 Å². The van der Waals surface area contributed by atoms with Gasteiger partial charge in [-0.25, -0.2) is 9.79 Å². The molecule has 1 aromatic carbocycles. The van der Waals surface area contributed by atoms with Crippen LogP contribution in [0.4, 0.5) is 4.79 Å². The van der Waals surface area contributed by atoms with E-state index < -0.39 is 24.0 Å². The molecule has 1 aliphatic rings. The molecule has 0 aromatic heterocycles. The molecule has 2 unspecified atom stereocenters. The number of methoxy groups -OCH3 is 1. The molecule has 0 aliphatic carbocycles. The highest BCUT2D eigenvalue weighted by molar-refractivity contribution is 6.30. The molecule has 0 fully saturated rings. The number of nitrogens with zero attached hydrogens (tertiary/aromatic N) is 1. The molecule has 0 spiro atoms. The van der Waals surface area contributed by atoms with Gasteiger partial charge in [0.15, 0.2) is 0 Å². The minimum atomic E-state index is -0.621. The van der Waals surface area contributed by atoms with Gasteiger partial charge in [-0.3, -0.25) is 4.79 Å². The summed E-state index contributed by atoms with van der Waals surface area (Å²) in [7, 11) is 1.31. The van der Waals surface area contributed by atoms with Gasteiger partial charge in [-0.15, -0.1) is 0 Å². The van der Waals surface area contributed by atoms with Gasteiger partial charge in [0.25, 0.3) is 0 Å². The van der Waals surface area contributed by atoms with Crippen molar-refractivity contribution in [2.45, 2.75) is 13.0 Å². The van der Waals surface area contributed by atoms with Crippen LogP contribution in [0.25, 0.3) is 0 Å². The lowest BCUT2D eigenvalue weighted by molar-refractivity contribution is -0.143. The van der Waals surface area contributed by atoms with Crippen LogP contribution in [0.15, 0.2) is 29.3 Å². The first-order valence-electron chi connectivity index (χ1n) is 5.72. The second-order valence-electron chi connectivity index (χ2n) is 4.23. The zero-order valence-electron chi connectivity index (χ0n) is 10.5. The van der Waals surface area contributed by atoms with Crippen LogP contribution in [-0.4, -0.2) is 24.8 Å². The summed E-state index contributed by atoms with van der Waals surface area (Å²) in [4.78, 5) is 27.1. The topological polar surface area (TPSA) is 67.8 Å². The first-order chi connectivity index (χ1) is 9.02. The molecule has 100 valence electrons. The van der Waals surface area contributed by atoms with Crippen LogP contribution in [0.2, 0.25) is 5.02 Å². The number of hydrogen-bond donors (Lipinski definition) is 1. The Balaban J connectivity index is 2.40. The number of carbonyl (C=O) groups excluding carboxylic acids is 2. The summed E-state index contributed by atoms with van der Waals surface area (Å²) in [6.45, 7) is 1.64. The van der Waals surface area contributed by atoms with Gasteiger partial charge in [-0.05, 0) is 24.6 Å². The Morgan fingerprint density at radius 3 is 2.58 bits per heavy atom. The minimum absolute atomic E-state index is 0.429. The second-order valence-corrected chi connectivity index (χ2v) is 4.67. The van der Waals surface area contributed by atoms with Gasteiger partial charge in [-0.2, -0.15) is 0 Å². The normalized spacial score (nSPS) is 22.5. The molecule has 1 aromatic rings. The predicted molar refractivity (Wildman–Crippen MR) is 71.3 cm³/mol. The molecule has 1 N–H and O–H groups in total. The zero-order valence-corrected chi connectivity index (χ0v) is 11.3. The SMILES string of the molecule is COC(=O)C1C(C)=NC(=O)NC1c1ccc(Cl)cc1. The summed E-state index contributed by atoms with van der Waals surface area (Å²) >= 11 is 5.83. The van der Waals surface area contributed by atoms with Crippen molar-refractivity contribution in [3.05, 3.63) is 34.9 Å². The van der Waals surface area contributed by atoms with Crippen molar-refractivity contribution in [3.8, 4) is 0 Å². The number of hydrogen-bond acceptors (Lipinski definition) is 3. The molecule has 0 saturated carbocycles. The smallest absolute Gasteiger partial charge is 0.341 e. The average molecular weight is 281 g/mol. The Labute approximate surface area is 115 Å². The van der Waals surface area contributed by atoms with Gasteiger partial charge < -0.3 is 10.1 Å². The van der Waals surface area contributed by atoms with Crippen LogP contribution in [-0.2, 0) is 9.53 Å². The third kappa shape index (κ3) is 2.76. The summed E-state index contributed by atoms with van der Waals surface area (Å²) < 4.78 is 4.77. The quantitative estimate of drug-likeness (QED) is 0.846. The fourth-order valence-corrected chi connectivity index (χ4v) is 2.23. The van der Waals surface area contributed by atoms with Crippen LogP contribution in [0.5, 0.6) is 0 Å². The van der Waals surface area contributed by atoms with E-state index in [9.17, 15) is 9.59 Å². The Kier molecular flexibility index (Phi) is 3.85. The van der Waals surface area contributed by atoms with Gasteiger partial charge >= 0.3 is 12.0 Å². The standard InChI is InChI=1S/C13H13ClN2O3/c1-7-10(12(17)19-2)11(16-13(18)15-7)8-3-5-9(14)6-4-8/h3-6,10-11H,1-2H3,(H,16,18). The lowest BCUT2D eigenvalue weighted by atomic mass is 9.88. The molecule has 6 heteroatoms. The van der Waals surface area contributed by atoms with Crippen LogP contribution in [0, 0.1) is 5.92 Å². The molecule has 19 heavy (non-hydrogen) atoms. The highest BCUT2D eigenvalue weighted by atomic mass is 35.5. The van der Waals surface area contributed by atoms with Gasteiger partial charge in [-0.1, -0.05) is 23.7 Å². The highest BCUT2D eigenvalue weighted by Crippen LogP contribution is 2.28. The van der Waals surface area contributed by atoms with E-state index in [0.29, 0.717) is 10.7 Å². The van der Waals surface area contributed by atoms with Gasteiger partial charge in [0, 0.05) is 10.7 Å². The van der Waals surface area contributed by atoms with Crippen molar-refractivity contribution in [1.82, 2.24) is 5.32 Å². The van der Waals surface area contributed by atoms with E-state index in [2.05, 4.69) is 10.3 Å². The first-order valence-corrected chi connectivity index (χ1v) is 6.09. The highest BCUT2D eigenvalue weighted by Gasteiger charge is 2.37. The Bertz CT molecular complexity index is 539. The largest absolute Gasteiger partial charge is 0.468 e. The van der Waals surface area contributed by atoms with Crippen LogP contribution < -0.4 is 5.32 Å². The van der Waals surface area contributed by atoms with Crippen molar-refractivity contribution in [1.29, 1.82) is 0 Å². The van der Waals surface area contributed by atoms with E-state index in [1.54, 1.807) is 31.2 Å². The number of ether oxygens (including phenoxy) is 1. The zero-order chi connectivity index (χ0) is 14.0. The number of urea groups is 1. The van der Waals surface area contributed by atoms with Crippen molar-refractivity contribution in [2.24, 2.45) is 10.9 Å². The third-order valence-electron chi connectivity index (χ3n) is 3.02. The predicted octanol–water partition coefficient (Wildman–Crippen LogP) is 2.35. The van der Waals surface area contributed by atoms with Crippen molar-refractivity contribution >= 4 is 29.3 Å². The van der Waals surface area contributed by atoms with Crippen molar-refractivity contribution in [2.75, 3.05) is 7.11 Å². The number of rotatable bonds is 2. The van der Waals surface area contributed by atoms with Gasteiger partial charge in [0.2, 0.25) is 0 Å². The number of amides is 2. The maximum atomic E-state index is 11.9. The van der Waals surface area contributed by atoms with Crippen molar-refractivity contribution in [3.63, 3.8) is 0 Å². The lowest BCUT2D eigenvalue weighted by Crippen LogP contribution is -2.44. The number of benzene rings is 1. The summed E-state index contributed by atoms with van der Waals surface area (Å²) in [5, 5.41) is 3.27. The maximum absolute atomic E-state index is 11.9. The fraction of sp³-hybridized carbons (Fsp3) is 0.308. The van der Waals surface area contributed by atoms with Gasteiger partial charge in [0.05, 0.1) is 13.2 Å². The molecule has 5 nitrogen and oxygen atoms in total. The Morgan fingerprint density at radius 2 is 2.00 bits per heavy atom. The summed E-state index contributed by atoms with van der Waals surface area (Å²) in [6.07, 6.45) is 0. The van der Waals surface area contributed by atoms with Crippen LogP contribution >= 0.6 is 11.6 Å². The number of aliphatic imine (C=N–C) groups is 1. The van der Waals surface area contributed by atoms with E-state index in [0.717, 1.165) is 5.56 Å². The molecule has 2 rings (SSSR count). The van der Waals surface area contributed by atoms with Crippen molar-refractivity contribution < 1.29 is 14.3 Å². The molecular weight excluding hydrogens is 268 g/mol. The molecular formula is C13H13ClN2O3. The average Bonchev–Trinajstić information content (AvgIpc) is 2.38. The minimum Gasteiger partial charge on any atom is -0.468 e. The lowest BCUT2D eigenvalue weighted by Gasteiger charge is -2.29. The molecule has 2 atom stereocenters. The number of halogens is 1. The van der Waals surface area contributed by atoms with E-state index >= 15 is 0 Å². The monoisotopic (exact) mass is 280 g/mol. The van der Waals surface area contributed by atoms with E-state index in [1.165, 1.54) is 7.11 Å². The summed E-state index contributed by atoms with van der Waals surface area (Å²) in [5.41, 5.74) is 1.22. The molecule has 2 amide bonds. The first kappa shape index (κ1) is 13.5. The molecule has 1 heterocycles. The van der Waals surface area contributed by atoms with E-state index in [-0.39, 0.29) is 0 Å².